The molecule has 5 nitrogen and oxygen atoms in total. The quantitative estimate of drug-likeness (QED) is 0.775. The Bertz CT molecular complexity index is 419. The van der Waals surface area contributed by atoms with Crippen LogP contribution >= 0.6 is 23.5 Å². The van der Waals surface area contributed by atoms with Gasteiger partial charge in [-0.3, -0.25) is 4.79 Å². The monoisotopic (exact) mass is 302 g/mol. The van der Waals surface area contributed by atoms with Crippen molar-refractivity contribution in [3.05, 3.63) is 11.7 Å². The molecule has 0 aliphatic carbocycles. The zero-order chi connectivity index (χ0) is 13.7. The maximum absolute atomic E-state index is 11.8. The SMILES string of the molecule is CCOC(=O)C(CC)c1nc(C2CSCCS2)no1. The molecule has 2 rings (SSSR count). The molecular formula is C12H18N2O3S2. The van der Waals surface area contributed by atoms with Gasteiger partial charge in [-0.2, -0.15) is 16.7 Å². The van der Waals surface area contributed by atoms with Gasteiger partial charge in [0.25, 0.3) is 0 Å². The Hall–Kier alpha value is -0.690. The van der Waals surface area contributed by atoms with Crippen LogP contribution in [0, 0.1) is 0 Å². The normalized spacial score (nSPS) is 21.1. The second-order valence-electron chi connectivity index (χ2n) is 4.14. The smallest absolute Gasteiger partial charge is 0.318 e. The number of carbonyl (C=O) groups excluding carboxylic acids is 1. The van der Waals surface area contributed by atoms with E-state index in [1.807, 2.05) is 30.4 Å². The fraction of sp³-hybridized carbons (Fsp3) is 0.750. The van der Waals surface area contributed by atoms with Crippen LogP contribution in [-0.2, 0) is 9.53 Å². The molecule has 19 heavy (non-hydrogen) atoms. The van der Waals surface area contributed by atoms with Gasteiger partial charge in [-0.25, -0.2) is 0 Å². The number of hydrogen-bond acceptors (Lipinski definition) is 7. The Morgan fingerprint density at radius 2 is 2.37 bits per heavy atom. The molecule has 0 aromatic carbocycles. The van der Waals surface area contributed by atoms with Gasteiger partial charge in [-0.05, 0) is 13.3 Å². The minimum atomic E-state index is -0.442. The van der Waals surface area contributed by atoms with E-state index in [0.717, 1.165) is 11.5 Å². The topological polar surface area (TPSA) is 65.2 Å². The average molecular weight is 302 g/mol. The first kappa shape index (κ1) is 14.7. The van der Waals surface area contributed by atoms with Crippen molar-refractivity contribution in [2.75, 3.05) is 23.9 Å². The molecule has 0 bridgehead atoms. The third kappa shape index (κ3) is 3.66. The molecule has 106 valence electrons. The average Bonchev–Trinajstić information content (AvgIpc) is 2.90. The fourth-order valence-corrected chi connectivity index (χ4v) is 4.43. The van der Waals surface area contributed by atoms with Gasteiger partial charge in [0.1, 0.15) is 5.92 Å². The van der Waals surface area contributed by atoms with Crippen LogP contribution in [0.5, 0.6) is 0 Å². The lowest BCUT2D eigenvalue weighted by Crippen LogP contribution is -2.16. The van der Waals surface area contributed by atoms with Gasteiger partial charge < -0.3 is 9.26 Å². The molecule has 0 amide bonds. The van der Waals surface area contributed by atoms with Gasteiger partial charge in [-0.1, -0.05) is 12.1 Å². The summed E-state index contributed by atoms with van der Waals surface area (Å²) in [6.45, 7) is 4.07. The van der Waals surface area contributed by atoms with Crippen molar-refractivity contribution in [3.63, 3.8) is 0 Å². The van der Waals surface area contributed by atoms with Crippen LogP contribution in [0.3, 0.4) is 0 Å². The number of rotatable bonds is 5. The predicted octanol–water partition coefficient (Wildman–Crippen LogP) is 2.65. The lowest BCUT2D eigenvalue weighted by Gasteiger charge is -2.17. The summed E-state index contributed by atoms with van der Waals surface area (Å²) in [6.07, 6.45) is 0.604. The van der Waals surface area contributed by atoms with Crippen molar-refractivity contribution < 1.29 is 14.1 Å². The zero-order valence-electron chi connectivity index (χ0n) is 11.1. The van der Waals surface area contributed by atoms with Crippen molar-refractivity contribution in [3.8, 4) is 0 Å². The van der Waals surface area contributed by atoms with Crippen molar-refractivity contribution in [2.24, 2.45) is 0 Å². The van der Waals surface area contributed by atoms with Crippen LogP contribution in [0.1, 0.15) is 43.2 Å². The van der Waals surface area contributed by atoms with E-state index >= 15 is 0 Å². The van der Waals surface area contributed by atoms with Gasteiger partial charge in [-0.15, -0.1) is 11.8 Å². The summed E-state index contributed by atoms with van der Waals surface area (Å²) < 4.78 is 10.3. The largest absolute Gasteiger partial charge is 0.465 e. The molecule has 0 saturated carbocycles. The molecule has 7 heteroatoms. The Morgan fingerprint density at radius 1 is 1.53 bits per heavy atom. The second-order valence-corrected chi connectivity index (χ2v) is 6.60. The van der Waals surface area contributed by atoms with Crippen LogP contribution in [-0.4, -0.2) is 40.0 Å². The van der Waals surface area contributed by atoms with E-state index in [1.54, 1.807) is 6.92 Å². The van der Waals surface area contributed by atoms with E-state index < -0.39 is 5.92 Å². The van der Waals surface area contributed by atoms with E-state index in [4.69, 9.17) is 9.26 Å². The zero-order valence-corrected chi connectivity index (χ0v) is 12.8. The number of aromatic nitrogens is 2. The van der Waals surface area contributed by atoms with E-state index in [0.29, 0.717) is 24.7 Å². The summed E-state index contributed by atoms with van der Waals surface area (Å²) in [5, 5.41) is 4.30. The van der Waals surface area contributed by atoms with Crippen LogP contribution < -0.4 is 0 Å². The number of hydrogen-bond donors (Lipinski definition) is 0. The van der Waals surface area contributed by atoms with Crippen LogP contribution in [0.15, 0.2) is 4.52 Å². The predicted molar refractivity (Wildman–Crippen MR) is 76.5 cm³/mol. The molecule has 2 atom stereocenters. The van der Waals surface area contributed by atoms with Gasteiger partial charge in [0.05, 0.1) is 11.9 Å². The van der Waals surface area contributed by atoms with Crippen LogP contribution in [0.25, 0.3) is 0 Å². The van der Waals surface area contributed by atoms with Gasteiger partial charge in [0, 0.05) is 17.3 Å². The highest BCUT2D eigenvalue weighted by molar-refractivity contribution is 8.06. The third-order valence-electron chi connectivity index (χ3n) is 2.84. The lowest BCUT2D eigenvalue weighted by molar-refractivity contribution is -0.145. The van der Waals surface area contributed by atoms with Crippen molar-refractivity contribution in [2.45, 2.75) is 31.4 Å². The first-order chi connectivity index (χ1) is 9.26. The maximum atomic E-state index is 11.8. The first-order valence-electron chi connectivity index (χ1n) is 6.45. The molecule has 2 heterocycles. The molecule has 1 aromatic heterocycles. The highest BCUT2D eigenvalue weighted by Gasteiger charge is 2.29. The summed E-state index contributed by atoms with van der Waals surface area (Å²) in [5.41, 5.74) is 0. The molecule has 1 aromatic rings. The molecule has 0 radical (unpaired) electrons. The van der Waals surface area contributed by atoms with E-state index in [2.05, 4.69) is 10.1 Å². The van der Waals surface area contributed by atoms with Gasteiger partial charge in [0.2, 0.25) is 5.89 Å². The van der Waals surface area contributed by atoms with Gasteiger partial charge in [0.15, 0.2) is 5.82 Å². The third-order valence-corrected chi connectivity index (χ3v) is 5.59. The van der Waals surface area contributed by atoms with Gasteiger partial charge >= 0.3 is 5.97 Å². The fourth-order valence-electron chi connectivity index (χ4n) is 1.84. The maximum Gasteiger partial charge on any atom is 0.318 e. The highest BCUT2D eigenvalue weighted by Crippen LogP contribution is 2.35. The minimum Gasteiger partial charge on any atom is -0.465 e. The number of esters is 1. The second kappa shape index (κ2) is 7.19. The molecule has 1 aliphatic heterocycles. The summed E-state index contributed by atoms with van der Waals surface area (Å²) in [7, 11) is 0. The summed E-state index contributed by atoms with van der Waals surface area (Å²) >= 11 is 3.75. The summed E-state index contributed by atoms with van der Waals surface area (Å²) in [4.78, 5) is 16.2. The van der Waals surface area contributed by atoms with Crippen LogP contribution in [0.4, 0.5) is 0 Å². The van der Waals surface area contributed by atoms with Crippen molar-refractivity contribution >= 4 is 29.5 Å². The molecule has 1 fully saturated rings. The number of carbonyl (C=O) groups is 1. The highest BCUT2D eigenvalue weighted by atomic mass is 32.2. The standard InChI is InChI=1S/C12H18N2O3S2/c1-3-8(12(15)16-4-2)11-13-10(14-17-11)9-7-18-5-6-19-9/h8-9H,3-7H2,1-2H3. The summed E-state index contributed by atoms with van der Waals surface area (Å²) in [5.74, 6) is 3.64. The molecule has 0 N–H and O–H groups in total. The Morgan fingerprint density at radius 3 is 3.00 bits per heavy atom. The van der Waals surface area contributed by atoms with Crippen molar-refractivity contribution in [1.82, 2.24) is 10.1 Å². The molecule has 0 spiro atoms. The molecular weight excluding hydrogens is 284 g/mol. The minimum absolute atomic E-state index is 0.274. The van der Waals surface area contributed by atoms with E-state index in [-0.39, 0.29) is 11.2 Å². The molecule has 1 saturated heterocycles. The van der Waals surface area contributed by atoms with E-state index in [1.165, 1.54) is 5.75 Å². The Kier molecular flexibility index (Phi) is 5.57. The number of ether oxygens (including phenoxy) is 1. The number of nitrogens with zero attached hydrogens (tertiary/aromatic N) is 2. The van der Waals surface area contributed by atoms with E-state index in [9.17, 15) is 4.79 Å². The Balaban J connectivity index is 2.07. The number of thioether (sulfide) groups is 2. The molecule has 1 aliphatic rings. The lowest BCUT2D eigenvalue weighted by atomic mass is 10.1. The Labute approximate surface area is 121 Å². The van der Waals surface area contributed by atoms with Crippen LogP contribution in [0.2, 0.25) is 0 Å². The van der Waals surface area contributed by atoms with Crippen molar-refractivity contribution in [1.29, 1.82) is 0 Å². The summed E-state index contributed by atoms with van der Waals surface area (Å²) in [6, 6.07) is 0. The first-order valence-corrected chi connectivity index (χ1v) is 8.66. The molecule has 2 unspecified atom stereocenters.